The summed E-state index contributed by atoms with van der Waals surface area (Å²) in [6.45, 7) is 11.0. The summed E-state index contributed by atoms with van der Waals surface area (Å²) in [5.41, 5.74) is 3.22. The summed E-state index contributed by atoms with van der Waals surface area (Å²) in [5.74, 6) is 0.689. The average Bonchev–Trinajstić information content (AvgIpc) is 2.91. The fraction of sp³-hybridized carbons (Fsp3) is 0.500. The van der Waals surface area contributed by atoms with Crippen molar-refractivity contribution >= 4 is 0 Å². The van der Waals surface area contributed by atoms with Crippen molar-refractivity contribution in [2.45, 2.75) is 39.8 Å². The lowest BCUT2D eigenvalue weighted by molar-refractivity contribution is 0.0796. The number of benzene rings is 1. The third-order valence-electron chi connectivity index (χ3n) is 3.79. The van der Waals surface area contributed by atoms with E-state index >= 15 is 0 Å². The Morgan fingerprint density at radius 3 is 2.59 bits per heavy atom. The molecule has 2 rings (SSSR count). The van der Waals surface area contributed by atoms with E-state index in [-0.39, 0.29) is 5.54 Å². The molecular weight excluding hydrogens is 276 g/mol. The first-order chi connectivity index (χ1) is 10.4. The number of hydrogen-bond donors (Lipinski definition) is 0. The van der Waals surface area contributed by atoms with Gasteiger partial charge in [-0.25, -0.2) is 4.98 Å². The molecule has 0 aliphatic heterocycles. The topological polar surface area (TPSA) is 38.5 Å². The molecule has 0 saturated carbocycles. The SMILES string of the molecule is COCCN(Cc1coc(-c2ccccc2C)n1)C(C)(C)C. The molecule has 1 heterocycles. The molecule has 0 spiro atoms. The number of nitrogens with zero attached hydrogens (tertiary/aromatic N) is 2. The van der Waals surface area contributed by atoms with Crippen LogP contribution >= 0.6 is 0 Å². The molecule has 1 aromatic heterocycles. The molecule has 2 aromatic rings. The van der Waals surface area contributed by atoms with E-state index in [2.05, 4.69) is 43.6 Å². The molecule has 0 saturated heterocycles. The number of aromatic nitrogens is 1. The zero-order chi connectivity index (χ0) is 16.2. The van der Waals surface area contributed by atoms with Gasteiger partial charge in [-0.15, -0.1) is 0 Å². The van der Waals surface area contributed by atoms with Crippen LogP contribution in [0.3, 0.4) is 0 Å². The highest BCUT2D eigenvalue weighted by Gasteiger charge is 2.22. The van der Waals surface area contributed by atoms with Crippen molar-refractivity contribution in [1.82, 2.24) is 9.88 Å². The van der Waals surface area contributed by atoms with Gasteiger partial charge < -0.3 is 9.15 Å². The van der Waals surface area contributed by atoms with Crippen LogP contribution < -0.4 is 0 Å². The van der Waals surface area contributed by atoms with Gasteiger partial charge in [0.05, 0.1) is 12.3 Å². The summed E-state index contributed by atoms with van der Waals surface area (Å²) in [6, 6.07) is 8.14. The fourth-order valence-corrected chi connectivity index (χ4v) is 2.36. The second-order valence-electron chi connectivity index (χ2n) is 6.54. The van der Waals surface area contributed by atoms with Crippen LogP contribution in [0.4, 0.5) is 0 Å². The summed E-state index contributed by atoms with van der Waals surface area (Å²) in [6.07, 6.45) is 1.76. The van der Waals surface area contributed by atoms with Gasteiger partial charge in [0, 0.05) is 31.3 Å². The lowest BCUT2D eigenvalue weighted by Crippen LogP contribution is -2.42. The van der Waals surface area contributed by atoms with Gasteiger partial charge in [0.1, 0.15) is 6.26 Å². The molecule has 0 N–H and O–H groups in total. The molecule has 1 aromatic carbocycles. The molecule has 0 unspecified atom stereocenters. The predicted octanol–water partition coefficient (Wildman–Crippen LogP) is 3.90. The molecule has 0 atom stereocenters. The minimum absolute atomic E-state index is 0.0559. The van der Waals surface area contributed by atoms with Gasteiger partial charge in [-0.3, -0.25) is 4.90 Å². The standard InChI is InChI=1S/C18H26N2O2/c1-14-8-6-7-9-16(14)17-19-15(13-22-17)12-20(10-11-21-5)18(2,3)4/h6-9,13H,10-12H2,1-5H3. The van der Waals surface area contributed by atoms with E-state index in [0.29, 0.717) is 12.5 Å². The third-order valence-corrected chi connectivity index (χ3v) is 3.79. The Bertz CT molecular complexity index is 599. The Labute approximate surface area is 133 Å². The second-order valence-corrected chi connectivity index (χ2v) is 6.54. The Kier molecular flexibility index (Phi) is 5.37. The molecule has 22 heavy (non-hydrogen) atoms. The molecule has 0 fully saturated rings. The van der Waals surface area contributed by atoms with E-state index < -0.39 is 0 Å². The van der Waals surface area contributed by atoms with Crippen molar-refractivity contribution in [2.24, 2.45) is 0 Å². The van der Waals surface area contributed by atoms with Gasteiger partial charge in [-0.2, -0.15) is 0 Å². The molecule has 120 valence electrons. The van der Waals surface area contributed by atoms with Crippen LogP contribution in [0, 0.1) is 6.92 Å². The van der Waals surface area contributed by atoms with Crippen molar-refractivity contribution in [2.75, 3.05) is 20.3 Å². The quantitative estimate of drug-likeness (QED) is 0.811. The number of ether oxygens (including phenoxy) is 1. The monoisotopic (exact) mass is 302 g/mol. The van der Waals surface area contributed by atoms with Crippen LogP contribution in [-0.4, -0.2) is 35.7 Å². The molecule has 0 aliphatic rings. The lowest BCUT2D eigenvalue weighted by Gasteiger charge is -2.34. The Morgan fingerprint density at radius 2 is 1.95 bits per heavy atom. The van der Waals surface area contributed by atoms with Crippen LogP contribution in [0.5, 0.6) is 0 Å². The number of aryl methyl sites for hydroxylation is 1. The predicted molar refractivity (Wildman–Crippen MR) is 88.7 cm³/mol. The van der Waals surface area contributed by atoms with E-state index in [1.165, 1.54) is 5.56 Å². The number of methoxy groups -OCH3 is 1. The van der Waals surface area contributed by atoms with Crippen LogP contribution in [0.1, 0.15) is 32.0 Å². The zero-order valence-corrected chi connectivity index (χ0v) is 14.2. The maximum absolute atomic E-state index is 5.68. The molecule has 4 nitrogen and oxygen atoms in total. The van der Waals surface area contributed by atoms with Gasteiger partial charge >= 0.3 is 0 Å². The summed E-state index contributed by atoms with van der Waals surface area (Å²) in [4.78, 5) is 7.00. The molecule has 0 bridgehead atoms. The van der Waals surface area contributed by atoms with Crippen LogP contribution in [0.2, 0.25) is 0 Å². The summed E-state index contributed by atoms with van der Waals surface area (Å²) in [7, 11) is 1.73. The van der Waals surface area contributed by atoms with Crippen molar-refractivity contribution in [3.8, 4) is 11.5 Å². The minimum Gasteiger partial charge on any atom is -0.444 e. The van der Waals surface area contributed by atoms with Crippen LogP contribution in [0.15, 0.2) is 34.9 Å². The van der Waals surface area contributed by atoms with Gasteiger partial charge in [0.15, 0.2) is 0 Å². The first-order valence-corrected chi connectivity index (χ1v) is 7.66. The highest BCUT2D eigenvalue weighted by atomic mass is 16.5. The highest BCUT2D eigenvalue weighted by molar-refractivity contribution is 5.58. The van der Waals surface area contributed by atoms with Gasteiger partial charge in [0.25, 0.3) is 0 Å². The van der Waals surface area contributed by atoms with E-state index in [1.807, 2.05) is 18.2 Å². The summed E-state index contributed by atoms with van der Waals surface area (Å²) in [5, 5.41) is 0. The molecule has 4 heteroatoms. The van der Waals surface area contributed by atoms with Crippen molar-refractivity contribution in [1.29, 1.82) is 0 Å². The van der Waals surface area contributed by atoms with Crippen molar-refractivity contribution in [3.63, 3.8) is 0 Å². The maximum Gasteiger partial charge on any atom is 0.226 e. The number of hydrogen-bond acceptors (Lipinski definition) is 4. The minimum atomic E-state index is 0.0559. The van der Waals surface area contributed by atoms with Gasteiger partial charge in [-0.1, -0.05) is 18.2 Å². The summed E-state index contributed by atoms with van der Waals surface area (Å²) < 4.78 is 10.9. The van der Waals surface area contributed by atoms with E-state index in [4.69, 9.17) is 9.15 Å². The first kappa shape index (κ1) is 16.7. The zero-order valence-electron chi connectivity index (χ0n) is 14.2. The lowest BCUT2D eigenvalue weighted by atomic mass is 10.1. The summed E-state index contributed by atoms with van der Waals surface area (Å²) >= 11 is 0. The molecular formula is C18H26N2O2. The van der Waals surface area contributed by atoms with Crippen molar-refractivity contribution in [3.05, 3.63) is 41.8 Å². The second kappa shape index (κ2) is 7.07. The van der Waals surface area contributed by atoms with E-state index in [0.717, 1.165) is 24.3 Å². The van der Waals surface area contributed by atoms with Crippen LogP contribution in [-0.2, 0) is 11.3 Å². The number of rotatable bonds is 6. The Morgan fingerprint density at radius 1 is 1.23 bits per heavy atom. The third kappa shape index (κ3) is 4.18. The largest absolute Gasteiger partial charge is 0.444 e. The molecule has 0 amide bonds. The fourth-order valence-electron chi connectivity index (χ4n) is 2.36. The maximum atomic E-state index is 5.68. The van der Waals surface area contributed by atoms with Gasteiger partial charge in [0.2, 0.25) is 5.89 Å². The smallest absolute Gasteiger partial charge is 0.226 e. The molecule has 0 radical (unpaired) electrons. The van der Waals surface area contributed by atoms with E-state index in [1.54, 1.807) is 13.4 Å². The Hall–Kier alpha value is -1.65. The number of oxazole rings is 1. The van der Waals surface area contributed by atoms with Gasteiger partial charge in [-0.05, 0) is 39.3 Å². The first-order valence-electron chi connectivity index (χ1n) is 7.66. The van der Waals surface area contributed by atoms with E-state index in [9.17, 15) is 0 Å². The molecule has 0 aliphatic carbocycles. The average molecular weight is 302 g/mol. The normalized spacial score (nSPS) is 12.1. The van der Waals surface area contributed by atoms with Crippen molar-refractivity contribution < 1.29 is 9.15 Å². The van der Waals surface area contributed by atoms with Crippen LogP contribution in [0.25, 0.3) is 11.5 Å². The highest BCUT2D eigenvalue weighted by Crippen LogP contribution is 2.24. The Balaban J connectivity index is 2.15.